The molecule has 0 heterocycles. The molecule has 1 N–H and O–H groups in total. The van der Waals surface area contributed by atoms with E-state index < -0.39 is 0 Å². The molecule has 0 aliphatic heterocycles. The van der Waals surface area contributed by atoms with Crippen molar-refractivity contribution in [2.24, 2.45) is 0 Å². The van der Waals surface area contributed by atoms with Crippen molar-refractivity contribution in [2.45, 2.75) is 13.3 Å². The minimum absolute atomic E-state index is 0.125. The van der Waals surface area contributed by atoms with Gasteiger partial charge in [0.25, 0.3) is 5.91 Å². The van der Waals surface area contributed by atoms with E-state index in [1.807, 2.05) is 6.92 Å². The van der Waals surface area contributed by atoms with Crippen LogP contribution in [0.4, 0.5) is 0 Å². The molecule has 0 spiro atoms. The number of hydrogen-bond acceptors (Lipinski definition) is 4. The van der Waals surface area contributed by atoms with Crippen LogP contribution in [-0.4, -0.2) is 39.9 Å². The van der Waals surface area contributed by atoms with Crippen LogP contribution < -0.4 is 14.8 Å². The highest BCUT2D eigenvalue weighted by Gasteiger charge is 2.14. The molecule has 0 saturated heterocycles. The minimum Gasteiger partial charge on any atom is -0.493 e. The fourth-order valence-electron chi connectivity index (χ4n) is 1.66. The monoisotopic (exact) mass is 393 g/mol. The van der Waals surface area contributed by atoms with Crippen molar-refractivity contribution >= 4 is 28.5 Å². The van der Waals surface area contributed by atoms with Gasteiger partial charge in [0.15, 0.2) is 11.5 Å². The Morgan fingerprint density at radius 1 is 1.35 bits per heavy atom. The third kappa shape index (κ3) is 4.82. The lowest BCUT2D eigenvalue weighted by Gasteiger charge is -2.13. The first-order chi connectivity index (χ1) is 9.63. The summed E-state index contributed by atoms with van der Waals surface area (Å²) in [5, 5.41) is 2.85. The lowest BCUT2D eigenvalue weighted by Crippen LogP contribution is -2.25. The largest absolute Gasteiger partial charge is 0.493 e. The van der Waals surface area contributed by atoms with Gasteiger partial charge in [-0.15, -0.1) is 0 Å². The third-order valence-corrected chi connectivity index (χ3v) is 3.39. The number of carbonyl (C=O) groups excluding carboxylic acids is 1. The Labute approximate surface area is 133 Å². The standard InChI is InChI=1S/C14H20INO4/c1-4-20-13-11(15)8-10(9-12(13)19-3)14(17)16-6-5-7-18-2/h8-9H,4-7H2,1-3H3,(H,16,17). The molecule has 0 aliphatic rings. The number of halogens is 1. The molecule has 0 saturated carbocycles. The Kier molecular flexibility index (Phi) is 7.68. The second kappa shape index (κ2) is 9.02. The van der Waals surface area contributed by atoms with Gasteiger partial charge in [-0.05, 0) is 48.1 Å². The molecule has 5 nitrogen and oxygen atoms in total. The van der Waals surface area contributed by atoms with Gasteiger partial charge in [0.1, 0.15) is 0 Å². The third-order valence-electron chi connectivity index (χ3n) is 2.59. The molecule has 6 heteroatoms. The number of nitrogens with one attached hydrogen (secondary N) is 1. The van der Waals surface area contributed by atoms with Crippen LogP contribution in [0.2, 0.25) is 0 Å². The predicted octanol–water partition coefficient (Wildman–Crippen LogP) is 2.46. The number of methoxy groups -OCH3 is 2. The summed E-state index contributed by atoms with van der Waals surface area (Å²) in [6.07, 6.45) is 0.785. The normalized spacial score (nSPS) is 10.2. The highest BCUT2D eigenvalue weighted by Crippen LogP contribution is 2.33. The summed E-state index contributed by atoms with van der Waals surface area (Å²) >= 11 is 2.14. The Bertz CT molecular complexity index is 451. The summed E-state index contributed by atoms with van der Waals surface area (Å²) in [6, 6.07) is 3.48. The van der Waals surface area contributed by atoms with Gasteiger partial charge in [-0.2, -0.15) is 0 Å². The van der Waals surface area contributed by atoms with Crippen molar-refractivity contribution < 1.29 is 19.0 Å². The second-order valence-electron chi connectivity index (χ2n) is 4.02. The van der Waals surface area contributed by atoms with E-state index in [-0.39, 0.29) is 5.91 Å². The van der Waals surface area contributed by atoms with Crippen molar-refractivity contribution in [3.8, 4) is 11.5 Å². The van der Waals surface area contributed by atoms with E-state index >= 15 is 0 Å². The van der Waals surface area contributed by atoms with E-state index in [1.165, 1.54) is 0 Å². The zero-order valence-corrected chi connectivity index (χ0v) is 14.2. The first kappa shape index (κ1) is 17.0. The molecule has 1 aromatic carbocycles. The van der Waals surface area contributed by atoms with Crippen LogP contribution in [0.15, 0.2) is 12.1 Å². The van der Waals surface area contributed by atoms with Crippen molar-refractivity contribution in [2.75, 3.05) is 34.0 Å². The Morgan fingerprint density at radius 3 is 2.70 bits per heavy atom. The van der Waals surface area contributed by atoms with Crippen LogP contribution in [0.3, 0.4) is 0 Å². The quantitative estimate of drug-likeness (QED) is 0.545. The number of hydrogen-bond donors (Lipinski definition) is 1. The van der Waals surface area contributed by atoms with Crippen molar-refractivity contribution in [3.05, 3.63) is 21.3 Å². The Hall–Kier alpha value is -1.02. The van der Waals surface area contributed by atoms with E-state index in [9.17, 15) is 4.79 Å². The van der Waals surface area contributed by atoms with E-state index in [1.54, 1.807) is 26.4 Å². The van der Waals surface area contributed by atoms with Gasteiger partial charge < -0.3 is 19.5 Å². The number of rotatable bonds is 8. The summed E-state index contributed by atoms with van der Waals surface area (Å²) in [4.78, 5) is 12.0. The van der Waals surface area contributed by atoms with Gasteiger partial charge in [-0.25, -0.2) is 0 Å². The van der Waals surface area contributed by atoms with Crippen LogP contribution in [0.1, 0.15) is 23.7 Å². The summed E-state index contributed by atoms with van der Waals surface area (Å²) in [7, 11) is 3.20. The molecule has 0 bridgehead atoms. The van der Waals surface area contributed by atoms with Gasteiger partial charge in [0, 0.05) is 25.8 Å². The van der Waals surface area contributed by atoms with Gasteiger partial charge in [0.05, 0.1) is 17.3 Å². The molecular formula is C14H20INO4. The molecule has 0 aliphatic carbocycles. The Balaban J connectivity index is 2.80. The molecule has 1 aromatic rings. The highest BCUT2D eigenvalue weighted by molar-refractivity contribution is 14.1. The average Bonchev–Trinajstić information content (AvgIpc) is 2.45. The highest BCUT2D eigenvalue weighted by atomic mass is 127. The summed E-state index contributed by atoms with van der Waals surface area (Å²) in [5.41, 5.74) is 0.562. The zero-order valence-electron chi connectivity index (χ0n) is 12.0. The molecule has 0 fully saturated rings. The van der Waals surface area contributed by atoms with Crippen LogP contribution in [0.5, 0.6) is 11.5 Å². The molecule has 1 rings (SSSR count). The number of ether oxygens (including phenoxy) is 3. The summed E-state index contributed by atoms with van der Waals surface area (Å²) in [6.45, 7) is 3.67. The molecule has 112 valence electrons. The topological polar surface area (TPSA) is 56.8 Å². The van der Waals surface area contributed by atoms with Gasteiger partial charge in [0.2, 0.25) is 0 Å². The molecule has 0 aromatic heterocycles. The smallest absolute Gasteiger partial charge is 0.251 e. The number of benzene rings is 1. The van der Waals surface area contributed by atoms with Crippen molar-refractivity contribution in [3.63, 3.8) is 0 Å². The van der Waals surface area contributed by atoms with E-state index in [4.69, 9.17) is 14.2 Å². The summed E-state index contributed by atoms with van der Waals surface area (Å²) < 4.78 is 16.6. The van der Waals surface area contributed by atoms with E-state index in [2.05, 4.69) is 27.9 Å². The molecule has 1 amide bonds. The molecule has 0 radical (unpaired) electrons. The van der Waals surface area contributed by atoms with Crippen LogP contribution >= 0.6 is 22.6 Å². The summed E-state index contributed by atoms with van der Waals surface area (Å²) in [5.74, 6) is 1.12. The van der Waals surface area contributed by atoms with Crippen LogP contribution in [0.25, 0.3) is 0 Å². The van der Waals surface area contributed by atoms with Crippen LogP contribution in [0, 0.1) is 3.57 Å². The fraction of sp³-hybridized carbons (Fsp3) is 0.500. The Morgan fingerprint density at radius 2 is 2.10 bits per heavy atom. The maximum atomic E-state index is 12.0. The lowest BCUT2D eigenvalue weighted by molar-refractivity contribution is 0.0948. The SMILES string of the molecule is CCOc1c(I)cc(C(=O)NCCCOC)cc1OC. The van der Waals surface area contributed by atoms with E-state index in [0.29, 0.717) is 36.8 Å². The molecule has 0 atom stereocenters. The first-order valence-electron chi connectivity index (χ1n) is 6.41. The van der Waals surface area contributed by atoms with Crippen molar-refractivity contribution in [1.29, 1.82) is 0 Å². The van der Waals surface area contributed by atoms with Gasteiger partial charge in [-0.1, -0.05) is 0 Å². The van der Waals surface area contributed by atoms with Gasteiger partial charge in [-0.3, -0.25) is 4.79 Å². The minimum atomic E-state index is -0.125. The maximum Gasteiger partial charge on any atom is 0.251 e. The average molecular weight is 393 g/mol. The van der Waals surface area contributed by atoms with Crippen LogP contribution in [-0.2, 0) is 4.74 Å². The molecule has 20 heavy (non-hydrogen) atoms. The maximum absolute atomic E-state index is 12.0. The fourth-order valence-corrected chi connectivity index (χ4v) is 2.41. The number of carbonyl (C=O) groups is 1. The zero-order chi connectivity index (χ0) is 15.0. The lowest BCUT2D eigenvalue weighted by atomic mass is 10.2. The first-order valence-corrected chi connectivity index (χ1v) is 7.49. The molecular weight excluding hydrogens is 373 g/mol. The number of amides is 1. The van der Waals surface area contributed by atoms with E-state index in [0.717, 1.165) is 9.99 Å². The van der Waals surface area contributed by atoms with Crippen molar-refractivity contribution in [1.82, 2.24) is 5.32 Å². The second-order valence-corrected chi connectivity index (χ2v) is 5.19. The van der Waals surface area contributed by atoms with Gasteiger partial charge >= 0.3 is 0 Å². The predicted molar refractivity (Wildman–Crippen MR) is 85.7 cm³/mol. The molecule has 0 unspecified atom stereocenters.